The molecule has 1 amide bonds. The quantitative estimate of drug-likeness (QED) is 0.641. The number of rotatable bonds is 6. The van der Waals surface area contributed by atoms with Gasteiger partial charge in [-0.15, -0.1) is 0 Å². The van der Waals surface area contributed by atoms with E-state index in [9.17, 15) is 9.59 Å². The second kappa shape index (κ2) is 9.83. The summed E-state index contributed by atoms with van der Waals surface area (Å²) in [6.07, 6.45) is 3.55. The molecule has 1 aromatic carbocycles. The summed E-state index contributed by atoms with van der Waals surface area (Å²) in [6.45, 7) is 5.82. The molecule has 1 unspecified atom stereocenters. The molecule has 0 radical (unpaired) electrons. The van der Waals surface area contributed by atoms with Crippen LogP contribution in [-0.4, -0.2) is 65.8 Å². The number of methoxy groups -OCH3 is 1. The summed E-state index contributed by atoms with van der Waals surface area (Å²) in [5.41, 5.74) is 4.44. The molecule has 8 heteroatoms. The lowest BCUT2D eigenvalue weighted by atomic mass is 10.00. The Balaban J connectivity index is 1.50. The minimum atomic E-state index is -0.323. The van der Waals surface area contributed by atoms with Crippen LogP contribution in [0.2, 0.25) is 0 Å². The number of ether oxygens (including phenoxy) is 3. The topological polar surface area (TPSA) is 82.9 Å². The molecule has 2 aromatic rings. The van der Waals surface area contributed by atoms with Gasteiger partial charge in [-0.2, -0.15) is 5.10 Å². The lowest BCUT2D eigenvalue weighted by Crippen LogP contribution is -2.50. The Kier molecular flexibility index (Phi) is 6.91. The first kappa shape index (κ1) is 22.5. The molecular formula is C24H31N3O5. The molecule has 32 heavy (non-hydrogen) atoms. The number of esters is 1. The first-order valence-corrected chi connectivity index (χ1v) is 11.3. The molecule has 1 atom stereocenters. The van der Waals surface area contributed by atoms with Gasteiger partial charge in [-0.25, -0.2) is 4.68 Å². The number of carbonyl (C=O) groups is 2. The number of hydrogen-bond donors (Lipinski definition) is 0. The van der Waals surface area contributed by atoms with Gasteiger partial charge in [-0.1, -0.05) is 0 Å². The molecule has 2 aliphatic heterocycles. The van der Waals surface area contributed by atoms with Gasteiger partial charge in [0.1, 0.15) is 0 Å². The molecule has 0 aliphatic carbocycles. The van der Waals surface area contributed by atoms with Crippen molar-refractivity contribution in [2.24, 2.45) is 0 Å². The highest BCUT2D eigenvalue weighted by molar-refractivity contribution is 5.94. The maximum Gasteiger partial charge on any atom is 0.305 e. The van der Waals surface area contributed by atoms with Gasteiger partial charge >= 0.3 is 5.97 Å². The Bertz CT molecular complexity index is 963. The third-order valence-electron chi connectivity index (χ3n) is 6.38. The van der Waals surface area contributed by atoms with Crippen LogP contribution in [0.5, 0.6) is 0 Å². The zero-order valence-electron chi connectivity index (χ0n) is 19.0. The summed E-state index contributed by atoms with van der Waals surface area (Å²) in [6, 6.07) is 7.50. The van der Waals surface area contributed by atoms with Crippen molar-refractivity contribution in [3.63, 3.8) is 0 Å². The SMILES string of the molecule is COC(=O)CCc1c(C)nn(-c2ccc(C(=O)N3CCCCC3C3OCCO3)cc2)c1C. The summed E-state index contributed by atoms with van der Waals surface area (Å²) < 4.78 is 18.0. The van der Waals surface area contributed by atoms with Gasteiger partial charge < -0.3 is 19.1 Å². The molecular weight excluding hydrogens is 410 g/mol. The van der Waals surface area contributed by atoms with E-state index in [1.54, 1.807) is 0 Å². The summed E-state index contributed by atoms with van der Waals surface area (Å²) >= 11 is 0. The number of benzene rings is 1. The number of likely N-dealkylation sites (tertiary alicyclic amines) is 1. The average molecular weight is 442 g/mol. The number of piperidine rings is 1. The van der Waals surface area contributed by atoms with Crippen LogP contribution in [-0.2, 0) is 25.4 Å². The minimum Gasteiger partial charge on any atom is -0.469 e. The molecule has 2 aliphatic rings. The Morgan fingerprint density at radius 2 is 1.84 bits per heavy atom. The van der Waals surface area contributed by atoms with Crippen LogP contribution < -0.4 is 0 Å². The van der Waals surface area contributed by atoms with Gasteiger partial charge in [0.2, 0.25) is 0 Å². The smallest absolute Gasteiger partial charge is 0.305 e. The van der Waals surface area contributed by atoms with E-state index in [2.05, 4.69) is 5.10 Å². The number of amides is 1. The van der Waals surface area contributed by atoms with Crippen LogP contribution >= 0.6 is 0 Å². The van der Waals surface area contributed by atoms with Gasteiger partial charge in [0.05, 0.1) is 37.7 Å². The second-order valence-electron chi connectivity index (χ2n) is 8.36. The molecule has 0 N–H and O–H groups in total. The third kappa shape index (κ3) is 4.56. The molecule has 0 saturated carbocycles. The molecule has 0 spiro atoms. The zero-order chi connectivity index (χ0) is 22.7. The monoisotopic (exact) mass is 441 g/mol. The van der Waals surface area contributed by atoms with Gasteiger partial charge in [-0.05, 0) is 69.4 Å². The lowest BCUT2D eigenvalue weighted by molar-refractivity contribution is -0.140. The van der Waals surface area contributed by atoms with E-state index in [0.717, 1.165) is 48.4 Å². The van der Waals surface area contributed by atoms with E-state index in [1.165, 1.54) is 7.11 Å². The van der Waals surface area contributed by atoms with Crippen LogP contribution in [0.25, 0.3) is 5.69 Å². The molecule has 3 heterocycles. The van der Waals surface area contributed by atoms with E-state index in [0.29, 0.717) is 31.6 Å². The highest BCUT2D eigenvalue weighted by Crippen LogP contribution is 2.27. The van der Waals surface area contributed by atoms with Crippen molar-refractivity contribution in [3.05, 3.63) is 46.8 Å². The molecule has 0 bridgehead atoms. The van der Waals surface area contributed by atoms with Crippen LogP contribution in [0.4, 0.5) is 0 Å². The van der Waals surface area contributed by atoms with E-state index in [-0.39, 0.29) is 24.2 Å². The Hall–Kier alpha value is -2.71. The minimum absolute atomic E-state index is 0.00693. The molecule has 172 valence electrons. The fourth-order valence-corrected chi connectivity index (χ4v) is 4.62. The van der Waals surface area contributed by atoms with Crippen molar-refractivity contribution in [1.29, 1.82) is 0 Å². The summed E-state index contributed by atoms with van der Waals surface area (Å²) in [5.74, 6) is -0.226. The van der Waals surface area contributed by atoms with E-state index < -0.39 is 0 Å². The van der Waals surface area contributed by atoms with Crippen LogP contribution in [0.15, 0.2) is 24.3 Å². The summed E-state index contributed by atoms with van der Waals surface area (Å²) in [7, 11) is 1.40. The Morgan fingerprint density at radius 3 is 2.53 bits per heavy atom. The normalized spacial score (nSPS) is 19.3. The predicted octanol–water partition coefficient (Wildman–Crippen LogP) is 2.96. The fourth-order valence-electron chi connectivity index (χ4n) is 4.62. The molecule has 8 nitrogen and oxygen atoms in total. The maximum atomic E-state index is 13.3. The van der Waals surface area contributed by atoms with Crippen LogP contribution in [0, 0.1) is 13.8 Å². The predicted molar refractivity (Wildman–Crippen MR) is 118 cm³/mol. The van der Waals surface area contributed by atoms with Crippen molar-refractivity contribution in [3.8, 4) is 5.69 Å². The van der Waals surface area contributed by atoms with Crippen molar-refractivity contribution in [1.82, 2.24) is 14.7 Å². The number of hydrogen-bond acceptors (Lipinski definition) is 6. The van der Waals surface area contributed by atoms with E-state index in [1.807, 2.05) is 47.7 Å². The average Bonchev–Trinajstić information content (AvgIpc) is 3.45. The van der Waals surface area contributed by atoms with Gasteiger partial charge in [0.25, 0.3) is 5.91 Å². The van der Waals surface area contributed by atoms with Gasteiger partial charge in [-0.3, -0.25) is 9.59 Å². The number of aryl methyl sites for hydroxylation is 1. The van der Waals surface area contributed by atoms with Crippen molar-refractivity contribution in [2.45, 2.75) is 58.3 Å². The number of nitrogens with zero attached hydrogens (tertiary/aromatic N) is 3. The Labute approximate surface area is 188 Å². The highest BCUT2D eigenvalue weighted by atomic mass is 16.7. The molecule has 2 saturated heterocycles. The molecule has 1 aromatic heterocycles. The maximum absolute atomic E-state index is 13.3. The Morgan fingerprint density at radius 1 is 1.12 bits per heavy atom. The third-order valence-corrected chi connectivity index (χ3v) is 6.38. The lowest BCUT2D eigenvalue weighted by Gasteiger charge is -2.38. The van der Waals surface area contributed by atoms with Crippen LogP contribution in [0.3, 0.4) is 0 Å². The number of aromatic nitrogens is 2. The first-order chi connectivity index (χ1) is 15.5. The second-order valence-corrected chi connectivity index (χ2v) is 8.36. The van der Waals surface area contributed by atoms with Crippen LogP contribution in [0.1, 0.15) is 53.0 Å². The highest BCUT2D eigenvalue weighted by Gasteiger charge is 2.36. The van der Waals surface area contributed by atoms with E-state index in [4.69, 9.17) is 14.2 Å². The van der Waals surface area contributed by atoms with E-state index >= 15 is 0 Å². The van der Waals surface area contributed by atoms with Gasteiger partial charge in [0.15, 0.2) is 6.29 Å². The van der Waals surface area contributed by atoms with Crippen molar-refractivity contribution in [2.75, 3.05) is 26.9 Å². The van der Waals surface area contributed by atoms with Crippen molar-refractivity contribution >= 4 is 11.9 Å². The zero-order valence-corrected chi connectivity index (χ0v) is 19.0. The molecule has 2 fully saturated rings. The van der Waals surface area contributed by atoms with Gasteiger partial charge in [0, 0.05) is 24.2 Å². The molecule has 4 rings (SSSR count). The van der Waals surface area contributed by atoms with Crippen molar-refractivity contribution < 1.29 is 23.8 Å². The standard InChI is InChI=1S/C24H31N3O5/c1-16-20(11-12-22(28)30-3)17(2)27(25-16)19-9-7-18(8-10-19)23(29)26-13-5-4-6-21(26)24-31-14-15-32-24/h7-10,21,24H,4-6,11-15H2,1-3H3. The summed E-state index contributed by atoms with van der Waals surface area (Å²) in [5, 5.41) is 4.65. The summed E-state index contributed by atoms with van der Waals surface area (Å²) in [4.78, 5) is 26.7. The number of carbonyl (C=O) groups excluding carboxylic acids is 2. The first-order valence-electron chi connectivity index (χ1n) is 11.3. The largest absolute Gasteiger partial charge is 0.469 e. The fraction of sp³-hybridized carbons (Fsp3) is 0.542.